The number of hydrogen-bond acceptors (Lipinski definition) is 3. The van der Waals surface area contributed by atoms with E-state index >= 15 is 0 Å². The number of nitrogens with one attached hydrogen (secondary N) is 1. The maximum Gasteiger partial charge on any atom is 0.137 e. The van der Waals surface area contributed by atoms with Gasteiger partial charge in [0.05, 0.1) is 5.69 Å². The molecule has 0 bridgehead atoms. The van der Waals surface area contributed by atoms with E-state index < -0.39 is 0 Å². The van der Waals surface area contributed by atoms with Gasteiger partial charge >= 0.3 is 0 Å². The van der Waals surface area contributed by atoms with E-state index in [1.165, 1.54) is 24.1 Å². The summed E-state index contributed by atoms with van der Waals surface area (Å²) in [6.07, 6.45) is 2.35. The molecule has 1 saturated heterocycles. The van der Waals surface area contributed by atoms with E-state index in [2.05, 4.69) is 31.2 Å². The fraction of sp³-hybridized carbons (Fsp3) is 0.769. The fourth-order valence-corrected chi connectivity index (χ4v) is 2.68. The minimum absolute atomic E-state index is 0.129. The van der Waals surface area contributed by atoms with Crippen molar-refractivity contribution in [2.75, 3.05) is 13.1 Å². The van der Waals surface area contributed by atoms with Gasteiger partial charge in [-0.25, -0.2) is 0 Å². The average Bonchev–Trinajstić information content (AvgIpc) is 2.61. The Labute approximate surface area is 97.6 Å². The Morgan fingerprint density at radius 1 is 1.25 bits per heavy atom. The molecule has 0 amide bonds. The zero-order chi connectivity index (χ0) is 11.8. The third-order valence-corrected chi connectivity index (χ3v) is 3.36. The molecule has 0 radical (unpaired) electrons. The third kappa shape index (κ3) is 2.14. The van der Waals surface area contributed by atoms with Crippen LogP contribution in [0.2, 0.25) is 0 Å². The molecule has 1 aromatic heterocycles. The molecule has 0 unspecified atom stereocenters. The Bertz CT molecular complexity index is 356. The fourth-order valence-electron chi connectivity index (χ4n) is 2.68. The van der Waals surface area contributed by atoms with Gasteiger partial charge in [-0.2, -0.15) is 0 Å². The monoisotopic (exact) mass is 222 g/mol. The van der Waals surface area contributed by atoms with Crippen molar-refractivity contribution in [3.8, 4) is 0 Å². The largest absolute Gasteiger partial charge is 0.361 e. The van der Waals surface area contributed by atoms with E-state index in [9.17, 15) is 0 Å². The van der Waals surface area contributed by atoms with Crippen LogP contribution in [0.1, 0.15) is 56.5 Å². The summed E-state index contributed by atoms with van der Waals surface area (Å²) in [6, 6.07) is 0. The van der Waals surface area contributed by atoms with Crippen LogP contribution in [0.4, 0.5) is 0 Å². The topological polar surface area (TPSA) is 38.1 Å². The number of aryl methyl sites for hydroxylation is 1. The molecule has 1 aliphatic heterocycles. The van der Waals surface area contributed by atoms with Crippen LogP contribution in [0.25, 0.3) is 0 Å². The van der Waals surface area contributed by atoms with Gasteiger partial charge in [0.25, 0.3) is 0 Å². The highest BCUT2D eigenvalue weighted by molar-refractivity contribution is 5.32. The molecule has 0 aromatic carbocycles. The molecule has 2 heterocycles. The van der Waals surface area contributed by atoms with Crippen LogP contribution in [-0.4, -0.2) is 18.2 Å². The van der Waals surface area contributed by atoms with Gasteiger partial charge in [0.15, 0.2) is 0 Å². The Balaban J connectivity index is 2.33. The number of piperidine rings is 1. The van der Waals surface area contributed by atoms with Crippen molar-refractivity contribution in [2.24, 2.45) is 0 Å². The summed E-state index contributed by atoms with van der Waals surface area (Å²) in [5.41, 5.74) is 2.65. The zero-order valence-electron chi connectivity index (χ0n) is 10.8. The van der Waals surface area contributed by atoms with Crippen molar-refractivity contribution in [2.45, 2.75) is 51.9 Å². The van der Waals surface area contributed by atoms with Crippen LogP contribution in [-0.2, 0) is 5.41 Å². The maximum absolute atomic E-state index is 5.40. The standard InChI is InChI=1S/C13H22N2O/c1-9-11(13(2,3)4)12(15-16-9)10-5-7-14-8-6-10/h10,14H,5-8H2,1-4H3. The lowest BCUT2D eigenvalue weighted by molar-refractivity contribution is 0.371. The summed E-state index contributed by atoms with van der Waals surface area (Å²) >= 11 is 0. The second-order valence-corrected chi connectivity index (χ2v) is 5.77. The van der Waals surface area contributed by atoms with Gasteiger partial charge in [-0.05, 0) is 38.3 Å². The van der Waals surface area contributed by atoms with Crippen molar-refractivity contribution in [3.05, 3.63) is 17.0 Å². The Kier molecular flexibility index (Phi) is 3.06. The molecule has 0 aliphatic carbocycles. The predicted octanol–water partition coefficient (Wildman–Crippen LogP) is 2.75. The number of rotatable bonds is 1. The van der Waals surface area contributed by atoms with Gasteiger partial charge in [-0.15, -0.1) is 0 Å². The molecule has 0 saturated carbocycles. The van der Waals surface area contributed by atoms with E-state index in [0.29, 0.717) is 5.92 Å². The predicted molar refractivity (Wildman–Crippen MR) is 64.8 cm³/mol. The molecule has 1 N–H and O–H groups in total. The number of nitrogens with zero attached hydrogens (tertiary/aromatic N) is 1. The minimum atomic E-state index is 0.129. The summed E-state index contributed by atoms with van der Waals surface area (Å²) in [5, 5.41) is 7.69. The smallest absolute Gasteiger partial charge is 0.137 e. The maximum atomic E-state index is 5.40. The van der Waals surface area contributed by atoms with Crippen LogP contribution in [0.5, 0.6) is 0 Å². The Morgan fingerprint density at radius 3 is 2.44 bits per heavy atom. The van der Waals surface area contributed by atoms with Gasteiger partial charge in [-0.1, -0.05) is 25.9 Å². The Hall–Kier alpha value is -0.830. The van der Waals surface area contributed by atoms with E-state index in [1.54, 1.807) is 0 Å². The normalized spacial score (nSPS) is 19.0. The Morgan fingerprint density at radius 2 is 1.88 bits per heavy atom. The lowest BCUT2D eigenvalue weighted by Gasteiger charge is -2.25. The number of aromatic nitrogens is 1. The molecule has 0 spiro atoms. The first-order chi connectivity index (χ1) is 7.50. The van der Waals surface area contributed by atoms with Crippen molar-refractivity contribution >= 4 is 0 Å². The molecule has 1 aromatic rings. The van der Waals surface area contributed by atoms with Crippen LogP contribution < -0.4 is 5.32 Å². The van der Waals surface area contributed by atoms with Gasteiger partial charge < -0.3 is 9.84 Å². The molecule has 0 atom stereocenters. The highest BCUT2D eigenvalue weighted by Gasteiger charge is 2.30. The highest BCUT2D eigenvalue weighted by atomic mass is 16.5. The lowest BCUT2D eigenvalue weighted by Crippen LogP contribution is -2.28. The van der Waals surface area contributed by atoms with Gasteiger partial charge in [0, 0.05) is 11.5 Å². The summed E-state index contributed by atoms with van der Waals surface area (Å²) < 4.78 is 5.40. The SMILES string of the molecule is Cc1onc(C2CCNCC2)c1C(C)(C)C. The van der Waals surface area contributed by atoms with Crippen molar-refractivity contribution in [3.63, 3.8) is 0 Å². The summed E-state index contributed by atoms with van der Waals surface area (Å²) in [7, 11) is 0. The molecule has 3 nitrogen and oxygen atoms in total. The summed E-state index contributed by atoms with van der Waals surface area (Å²) in [4.78, 5) is 0. The van der Waals surface area contributed by atoms with Crippen LogP contribution >= 0.6 is 0 Å². The molecule has 1 aliphatic rings. The van der Waals surface area contributed by atoms with E-state index in [4.69, 9.17) is 4.52 Å². The minimum Gasteiger partial charge on any atom is -0.361 e. The molecule has 16 heavy (non-hydrogen) atoms. The molecular formula is C13H22N2O. The average molecular weight is 222 g/mol. The van der Waals surface area contributed by atoms with E-state index in [-0.39, 0.29) is 5.41 Å². The van der Waals surface area contributed by atoms with Crippen molar-refractivity contribution < 1.29 is 4.52 Å². The summed E-state index contributed by atoms with van der Waals surface area (Å²) in [6.45, 7) is 10.9. The molecule has 3 heteroatoms. The highest BCUT2D eigenvalue weighted by Crippen LogP contribution is 2.35. The van der Waals surface area contributed by atoms with Crippen molar-refractivity contribution in [1.82, 2.24) is 10.5 Å². The molecule has 2 rings (SSSR count). The van der Waals surface area contributed by atoms with Crippen LogP contribution in [0, 0.1) is 6.92 Å². The molecule has 90 valence electrons. The first kappa shape index (κ1) is 11.6. The third-order valence-electron chi connectivity index (χ3n) is 3.36. The van der Waals surface area contributed by atoms with Crippen LogP contribution in [0.3, 0.4) is 0 Å². The van der Waals surface area contributed by atoms with Crippen molar-refractivity contribution in [1.29, 1.82) is 0 Å². The molecule has 1 fully saturated rings. The number of hydrogen-bond donors (Lipinski definition) is 1. The zero-order valence-corrected chi connectivity index (χ0v) is 10.8. The lowest BCUT2D eigenvalue weighted by atomic mass is 9.80. The van der Waals surface area contributed by atoms with E-state index in [0.717, 1.165) is 18.8 Å². The first-order valence-electron chi connectivity index (χ1n) is 6.17. The summed E-state index contributed by atoms with van der Waals surface area (Å²) in [5.74, 6) is 1.56. The second-order valence-electron chi connectivity index (χ2n) is 5.77. The van der Waals surface area contributed by atoms with Gasteiger partial charge in [0.2, 0.25) is 0 Å². The van der Waals surface area contributed by atoms with Gasteiger partial charge in [-0.3, -0.25) is 0 Å². The van der Waals surface area contributed by atoms with E-state index in [1.807, 2.05) is 6.92 Å². The van der Waals surface area contributed by atoms with Gasteiger partial charge in [0.1, 0.15) is 5.76 Å². The first-order valence-corrected chi connectivity index (χ1v) is 6.17. The second kappa shape index (κ2) is 4.21. The molecular weight excluding hydrogens is 200 g/mol. The quantitative estimate of drug-likeness (QED) is 0.794. The van der Waals surface area contributed by atoms with Crippen LogP contribution in [0.15, 0.2) is 4.52 Å².